The summed E-state index contributed by atoms with van der Waals surface area (Å²) in [5.41, 5.74) is 4.86. The molecular weight excluding hydrogens is 296 g/mol. The number of aromatic amines is 1. The molecule has 1 aromatic carbocycles. The Morgan fingerprint density at radius 2 is 1.83 bits per heavy atom. The first-order valence-corrected chi connectivity index (χ1v) is 9.03. The average molecular weight is 329 g/mol. The van der Waals surface area contributed by atoms with E-state index >= 15 is 0 Å². The fraction of sp³-hybridized carbons (Fsp3) is 0.550. The number of rotatable bonds is 9. The van der Waals surface area contributed by atoms with Gasteiger partial charge in [0.1, 0.15) is 0 Å². The number of nitrogens with one attached hydrogen (secondary N) is 1. The molecule has 0 spiro atoms. The number of hydrogen-bond donors (Lipinski definition) is 1. The zero-order valence-electron chi connectivity index (χ0n) is 15.8. The molecule has 1 aromatic heterocycles. The highest BCUT2D eigenvalue weighted by Gasteiger charge is 2.11. The van der Waals surface area contributed by atoms with Crippen LogP contribution in [0.15, 0.2) is 30.5 Å². The Hall–Kier alpha value is -1.81. The minimum atomic E-state index is 0.660. The lowest BCUT2D eigenvalue weighted by Crippen LogP contribution is -2.22. The van der Waals surface area contributed by atoms with Crippen LogP contribution in [0.4, 0.5) is 5.69 Å². The van der Waals surface area contributed by atoms with Crippen LogP contribution in [-0.4, -0.2) is 42.3 Å². The van der Waals surface area contributed by atoms with Crippen molar-refractivity contribution in [3.63, 3.8) is 0 Å². The Kier molecular flexibility index (Phi) is 6.85. The fourth-order valence-electron chi connectivity index (χ4n) is 3.01. The molecule has 1 heterocycles. The van der Waals surface area contributed by atoms with Gasteiger partial charge in [-0.15, -0.1) is 0 Å². The number of nitrogens with zero attached hydrogens (tertiary/aromatic N) is 3. The number of aromatic nitrogens is 2. The van der Waals surface area contributed by atoms with Gasteiger partial charge in [0, 0.05) is 37.0 Å². The van der Waals surface area contributed by atoms with Gasteiger partial charge in [0.15, 0.2) is 0 Å². The van der Waals surface area contributed by atoms with Crippen molar-refractivity contribution in [2.24, 2.45) is 5.92 Å². The minimum Gasteiger partial charge on any atom is -0.374 e. The van der Waals surface area contributed by atoms with Gasteiger partial charge in [-0.1, -0.05) is 39.3 Å². The monoisotopic (exact) mass is 328 g/mol. The van der Waals surface area contributed by atoms with Crippen molar-refractivity contribution in [1.29, 1.82) is 0 Å². The summed E-state index contributed by atoms with van der Waals surface area (Å²) in [6, 6.07) is 8.77. The van der Waals surface area contributed by atoms with Gasteiger partial charge in [-0.2, -0.15) is 5.10 Å². The van der Waals surface area contributed by atoms with Crippen molar-refractivity contribution in [2.75, 3.05) is 32.1 Å². The molecule has 0 saturated carbocycles. The molecule has 132 valence electrons. The third-order valence-corrected chi connectivity index (χ3v) is 4.29. The minimum absolute atomic E-state index is 0.660. The van der Waals surface area contributed by atoms with Crippen molar-refractivity contribution in [2.45, 2.75) is 40.2 Å². The van der Waals surface area contributed by atoms with E-state index in [2.05, 4.69) is 79.1 Å². The third-order valence-electron chi connectivity index (χ3n) is 4.29. The molecule has 4 heteroatoms. The molecule has 0 amide bonds. The zero-order chi connectivity index (χ0) is 17.5. The van der Waals surface area contributed by atoms with Crippen molar-refractivity contribution in [3.05, 3.63) is 36.0 Å². The van der Waals surface area contributed by atoms with Crippen LogP contribution in [0.3, 0.4) is 0 Å². The van der Waals surface area contributed by atoms with E-state index in [1.807, 2.05) is 6.20 Å². The van der Waals surface area contributed by atoms with Crippen LogP contribution < -0.4 is 4.90 Å². The van der Waals surface area contributed by atoms with Gasteiger partial charge >= 0.3 is 0 Å². The molecule has 0 radical (unpaired) electrons. The van der Waals surface area contributed by atoms with E-state index in [0.29, 0.717) is 5.92 Å². The summed E-state index contributed by atoms with van der Waals surface area (Å²) in [7, 11) is 4.33. The first-order chi connectivity index (χ1) is 11.5. The van der Waals surface area contributed by atoms with Crippen molar-refractivity contribution in [3.8, 4) is 11.3 Å². The Morgan fingerprint density at radius 3 is 2.46 bits per heavy atom. The average Bonchev–Trinajstić information content (AvgIpc) is 3.00. The first-order valence-electron chi connectivity index (χ1n) is 9.03. The molecule has 24 heavy (non-hydrogen) atoms. The normalized spacial score (nSPS) is 11.5. The molecule has 0 aliphatic rings. The van der Waals surface area contributed by atoms with Crippen LogP contribution in [-0.2, 0) is 6.54 Å². The Morgan fingerprint density at radius 1 is 1.12 bits per heavy atom. The van der Waals surface area contributed by atoms with Crippen LogP contribution in [0.2, 0.25) is 0 Å². The molecule has 0 fully saturated rings. The van der Waals surface area contributed by atoms with E-state index < -0.39 is 0 Å². The van der Waals surface area contributed by atoms with Crippen LogP contribution in [0.25, 0.3) is 11.3 Å². The lowest BCUT2D eigenvalue weighted by atomic mass is 10.1. The molecule has 0 saturated heterocycles. The van der Waals surface area contributed by atoms with Crippen molar-refractivity contribution >= 4 is 5.69 Å². The Labute approximate surface area is 146 Å². The molecule has 1 N–H and O–H groups in total. The summed E-state index contributed by atoms with van der Waals surface area (Å²) in [4.78, 5) is 4.67. The molecule has 0 aliphatic carbocycles. The fourth-order valence-corrected chi connectivity index (χ4v) is 3.01. The van der Waals surface area contributed by atoms with E-state index in [9.17, 15) is 0 Å². The van der Waals surface area contributed by atoms with Gasteiger partial charge in [0.2, 0.25) is 0 Å². The summed E-state index contributed by atoms with van der Waals surface area (Å²) in [6.45, 7) is 9.85. The smallest absolute Gasteiger partial charge is 0.0695 e. The third kappa shape index (κ3) is 5.10. The molecular formula is C20H32N4. The van der Waals surface area contributed by atoms with Gasteiger partial charge in [-0.3, -0.25) is 5.10 Å². The first kappa shape index (κ1) is 18.5. The predicted molar refractivity (Wildman–Crippen MR) is 103 cm³/mol. The van der Waals surface area contributed by atoms with Crippen molar-refractivity contribution in [1.82, 2.24) is 15.1 Å². The molecule has 0 atom stereocenters. The quantitative estimate of drug-likeness (QED) is 0.741. The predicted octanol–water partition coefficient (Wildman–Crippen LogP) is 4.40. The summed E-state index contributed by atoms with van der Waals surface area (Å²) in [5.74, 6) is 0.660. The lowest BCUT2D eigenvalue weighted by molar-refractivity contribution is 0.321. The van der Waals surface area contributed by atoms with Gasteiger partial charge in [-0.05, 0) is 38.1 Å². The van der Waals surface area contributed by atoms with Gasteiger partial charge in [0.05, 0.1) is 11.9 Å². The van der Waals surface area contributed by atoms with Crippen LogP contribution in [0.5, 0.6) is 0 Å². The molecule has 0 aliphatic heterocycles. The maximum absolute atomic E-state index is 4.27. The maximum atomic E-state index is 4.27. The highest BCUT2D eigenvalue weighted by Crippen LogP contribution is 2.25. The number of anilines is 1. The van der Waals surface area contributed by atoms with E-state index in [0.717, 1.165) is 25.3 Å². The van der Waals surface area contributed by atoms with Crippen molar-refractivity contribution < 1.29 is 0 Å². The second-order valence-corrected chi connectivity index (χ2v) is 7.18. The summed E-state index contributed by atoms with van der Waals surface area (Å²) in [6.07, 6.45) is 4.42. The molecule has 0 bridgehead atoms. The summed E-state index contributed by atoms with van der Waals surface area (Å²) < 4.78 is 0. The standard InChI is InChI=1S/C20H32N4/c1-6-7-12-23(4)15-18-13-21-22-20(18)17-8-10-19(11-9-17)24(5)14-16(2)3/h8-11,13,16H,6-7,12,14-15H2,1-5H3,(H,21,22). The highest BCUT2D eigenvalue weighted by atomic mass is 15.1. The van der Waals surface area contributed by atoms with E-state index in [4.69, 9.17) is 0 Å². The number of H-pyrrole nitrogens is 1. The molecule has 4 nitrogen and oxygen atoms in total. The number of hydrogen-bond acceptors (Lipinski definition) is 3. The van der Waals surface area contributed by atoms with Crippen LogP contribution in [0.1, 0.15) is 39.2 Å². The topological polar surface area (TPSA) is 35.2 Å². The lowest BCUT2D eigenvalue weighted by Gasteiger charge is -2.21. The summed E-state index contributed by atoms with van der Waals surface area (Å²) >= 11 is 0. The van der Waals surface area contributed by atoms with Gasteiger partial charge in [-0.25, -0.2) is 0 Å². The molecule has 2 rings (SSSR count). The summed E-state index contributed by atoms with van der Waals surface area (Å²) in [5, 5.41) is 7.44. The Bertz CT molecular complexity index is 600. The second kappa shape index (κ2) is 8.88. The molecule has 2 aromatic rings. The zero-order valence-corrected chi connectivity index (χ0v) is 15.8. The van der Waals surface area contributed by atoms with Gasteiger partial charge < -0.3 is 9.80 Å². The van der Waals surface area contributed by atoms with Crippen LogP contribution >= 0.6 is 0 Å². The van der Waals surface area contributed by atoms with E-state index in [-0.39, 0.29) is 0 Å². The van der Waals surface area contributed by atoms with E-state index in [1.165, 1.54) is 29.7 Å². The second-order valence-electron chi connectivity index (χ2n) is 7.18. The van der Waals surface area contributed by atoms with Crippen LogP contribution in [0, 0.1) is 5.92 Å². The number of benzene rings is 1. The number of unbranched alkanes of at least 4 members (excludes halogenated alkanes) is 1. The Balaban J connectivity index is 2.08. The van der Waals surface area contributed by atoms with E-state index in [1.54, 1.807) is 0 Å². The largest absolute Gasteiger partial charge is 0.374 e. The SMILES string of the molecule is CCCCN(C)Cc1cn[nH]c1-c1ccc(N(C)CC(C)C)cc1. The van der Waals surface area contributed by atoms with Gasteiger partial charge in [0.25, 0.3) is 0 Å². The molecule has 0 unspecified atom stereocenters. The maximum Gasteiger partial charge on any atom is 0.0695 e. The highest BCUT2D eigenvalue weighted by molar-refractivity contribution is 5.65.